The normalized spacial score (nSPS) is 13.5. The van der Waals surface area contributed by atoms with Gasteiger partial charge in [-0.1, -0.05) is 13.3 Å². The maximum atomic E-state index is 5.28. The standard InChI is InChI=1S/C7H18N2O/c1-3-4-5-10-6-7(2)9-8/h7,9H,3-6,8H2,1-2H3. The zero-order valence-electron chi connectivity index (χ0n) is 6.89. The molecule has 0 bridgehead atoms. The summed E-state index contributed by atoms with van der Waals surface area (Å²) in [5.74, 6) is 5.16. The van der Waals surface area contributed by atoms with E-state index in [1.54, 1.807) is 0 Å². The number of hydrogen-bond acceptors (Lipinski definition) is 3. The molecule has 62 valence electrons. The van der Waals surface area contributed by atoms with Crippen molar-refractivity contribution < 1.29 is 4.74 Å². The van der Waals surface area contributed by atoms with Crippen LogP contribution in [0.2, 0.25) is 0 Å². The molecule has 1 atom stereocenters. The van der Waals surface area contributed by atoms with Crippen molar-refractivity contribution >= 4 is 0 Å². The van der Waals surface area contributed by atoms with Gasteiger partial charge in [-0.2, -0.15) is 0 Å². The maximum absolute atomic E-state index is 5.28. The van der Waals surface area contributed by atoms with Crippen LogP contribution in [0.3, 0.4) is 0 Å². The quantitative estimate of drug-likeness (QED) is 0.329. The van der Waals surface area contributed by atoms with Gasteiger partial charge in [0.25, 0.3) is 0 Å². The van der Waals surface area contributed by atoms with Crippen LogP contribution in [-0.4, -0.2) is 19.3 Å². The molecule has 0 aliphatic carbocycles. The van der Waals surface area contributed by atoms with Crippen molar-refractivity contribution in [1.29, 1.82) is 0 Å². The van der Waals surface area contributed by atoms with Gasteiger partial charge < -0.3 is 4.74 Å². The van der Waals surface area contributed by atoms with Gasteiger partial charge in [-0.25, -0.2) is 0 Å². The van der Waals surface area contributed by atoms with Gasteiger partial charge in [0.2, 0.25) is 0 Å². The Labute approximate surface area is 62.9 Å². The first-order chi connectivity index (χ1) is 4.81. The third kappa shape index (κ3) is 6.01. The number of hydrazine groups is 1. The lowest BCUT2D eigenvalue weighted by Gasteiger charge is -2.09. The monoisotopic (exact) mass is 146 g/mol. The molecular formula is C7H18N2O. The summed E-state index contributed by atoms with van der Waals surface area (Å²) in [5.41, 5.74) is 2.62. The Morgan fingerprint density at radius 2 is 2.30 bits per heavy atom. The summed E-state index contributed by atoms with van der Waals surface area (Å²) in [4.78, 5) is 0. The lowest BCUT2D eigenvalue weighted by Crippen LogP contribution is -2.36. The van der Waals surface area contributed by atoms with Crippen molar-refractivity contribution in [2.45, 2.75) is 32.7 Å². The average Bonchev–Trinajstić information content (AvgIpc) is 1.98. The van der Waals surface area contributed by atoms with Crippen LogP contribution in [0.5, 0.6) is 0 Å². The van der Waals surface area contributed by atoms with Crippen molar-refractivity contribution in [3.63, 3.8) is 0 Å². The summed E-state index contributed by atoms with van der Waals surface area (Å²) < 4.78 is 5.28. The topological polar surface area (TPSA) is 47.3 Å². The molecule has 0 aromatic carbocycles. The van der Waals surface area contributed by atoms with Crippen LogP contribution < -0.4 is 11.3 Å². The molecule has 0 rings (SSSR count). The fourth-order valence-electron chi connectivity index (χ4n) is 0.555. The molecule has 0 aliphatic heterocycles. The highest BCUT2D eigenvalue weighted by molar-refractivity contribution is 4.51. The van der Waals surface area contributed by atoms with Crippen molar-refractivity contribution in [2.24, 2.45) is 5.84 Å². The van der Waals surface area contributed by atoms with Crippen LogP contribution in [-0.2, 0) is 4.74 Å². The largest absolute Gasteiger partial charge is 0.380 e. The third-order valence-electron chi connectivity index (χ3n) is 1.29. The maximum Gasteiger partial charge on any atom is 0.0630 e. The molecule has 0 fully saturated rings. The average molecular weight is 146 g/mol. The number of hydrogen-bond donors (Lipinski definition) is 2. The van der Waals surface area contributed by atoms with Crippen LogP contribution in [0.4, 0.5) is 0 Å². The van der Waals surface area contributed by atoms with Gasteiger partial charge in [0, 0.05) is 12.6 Å². The Morgan fingerprint density at radius 3 is 2.80 bits per heavy atom. The first kappa shape index (κ1) is 9.88. The fourth-order valence-corrected chi connectivity index (χ4v) is 0.555. The predicted octanol–water partition coefficient (Wildman–Crippen LogP) is 0.655. The molecule has 0 saturated carbocycles. The van der Waals surface area contributed by atoms with Gasteiger partial charge in [0.1, 0.15) is 0 Å². The number of nitrogens with one attached hydrogen (secondary N) is 1. The van der Waals surface area contributed by atoms with E-state index in [0.717, 1.165) is 13.0 Å². The van der Waals surface area contributed by atoms with E-state index in [9.17, 15) is 0 Å². The molecule has 3 heteroatoms. The number of nitrogens with two attached hydrogens (primary N) is 1. The number of rotatable bonds is 6. The first-order valence-electron chi connectivity index (χ1n) is 3.85. The predicted molar refractivity (Wildman–Crippen MR) is 42.5 cm³/mol. The molecule has 0 aliphatic rings. The second-order valence-electron chi connectivity index (χ2n) is 2.50. The Morgan fingerprint density at radius 1 is 1.60 bits per heavy atom. The SMILES string of the molecule is CCCCOCC(C)NN. The van der Waals surface area contributed by atoms with Crippen molar-refractivity contribution in [2.75, 3.05) is 13.2 Å². The molecule has 0 radical (unpaired) electrons. The van der Waals surface area contributed by atoms with Gasteiger partial charge in [0.05, 0.1) is 6.61 Å². The molecule has 0 heterocycles. The van der Waals surface area contributed by atoms with Gasteiger partial charge >= 0.3 is 0 Å². The van der Waals surface area contributed by atoms with Crippen molar-refractivity contribution in [3.8, 4) is 0 Å². The highest BCUT2D eigenvalue weighted by atomic mass is 16.5. The lowest BCUT2D eigenvalue weighted by atomic mass is 10.3. The smallest absolute Gasteiger partial charge is 0.0630 e. The molecule has 1 unspecified atom stereocenters. The molecule has 0 amide bonds. The van der Waals surface area contributed by atoms with E-state index in [-0.39, 0.29) is 6.04 Å². The van der Waals surface area contributed by atoms with Crippen LogP contribution in [0, 0.1) is 0 Å². The summed E-state index contributed by atoms with van der Waals surface area (Å²) in [5, 5.41) is 0. The Kier molecular flexibility index (Phi) is 6.91. The second-order valence-corrected chi connectivity index (χ2v) is 2.50. The molecular weight excluding hydrogens is 128 g/mol. The van der Waals surface area contributed by atoms with Gasteiger partial charge in [0.15, 0.2) is 0 Å². The third-order valence-corrected chi connectivity index (χ3v) is 1.29. The van der Waals surface area contributed by atoms with Crippen molar-refractivity contribution in [3.05, 3.63) is 0 Å². The minimum absolute atomic E-state index is 0.261. The Hall–Kier alpha value is -0.120. The molecule has 0 spiro atoms. The minimum atomic E-state index is 0.261. The van der Waals surface area contributed by atoms with Gasteiger partial charge in [-0.3, -0.25) is 11.3 Å². The Balaban J connectivity index is 2.89. The summed E-state index contributed by atoms with van der Waals surface area (Å²) in [6, 6.07) is 0.261. The van der Waals surface area contributed by atoms with E-state index in [4.69, 9.17) is 10.6 Å². The first-order valence-corrected chi connectivity index (χ1v) is 3.85. The highest BCUT2D eigenvalue weighted by Crippen LogP contribution is 1.88. The summed E-state index contributed by atoms with van der Waals surface area (Å²) >= 11 is 0. The summed E-state index contributed by atoms with van der Waals surface area (Å²) in [6.45, 7) is 5.69. The molecule has 0 aromatic heterocycles. The second kappa shape index (κ2) is 6.99. The Bertz CT molecular complexity index is 68.6. The zero-order valence-corrected chi connectivity index (χ0v) is 6.89. The van der Waals surface area contributed by atoms with E-state index in [1.165, 1.54) is 6.42 Å². The van der Waals surface area contributed by atoms with E-state index in [1.807, 2.05) is 6.92 Å². The molecule has 10 heavy (non-hydrogen) atoms. The van der Waals surface area contributed by atoms with Crippen molar-refractivity contribution in [1.82, 2.24) is 5.43 Å². The van der Waals surface area contributed by atoms with Gasteiger partial charge in [-0.05, 0) is 13.3 Å². The number of ether oxygens (including phenoxy) is 1. The molecule has 3 N–H and O–H groups in total. The van der Waals surface area contributed by atoms with E-state index in [2.05, 4.69) is 12.3 Å². The summed E-state index contributed by atoms with van der Waals surface area (Å²) in [6.07, 6.45) is 2.32. The van der Waals surface area contributed by atoms with E-state index >= 15 is 0 Å². The van der Waals surface area contributed by atoms with Gasteiger partial charge in [-0.15, -0.1) is 0 Å². The molecule has 3 nitrogen and oxygen atoms in total. The lowest BCUT2D eigenvalue weighted by molar-refractivity contribution is 0.113. The minimum Gasteiger partial charge on any atom is -0.380 e. The van der Waals surface area contributed by atoms with Crippen LogP contribution in [0.25, 0.3) is 0 Å². The van der Waals surface area contributed by atoms with Crippen LogP contribution in [0.1, 0.15) is 26.7 Å². The summed E-state index contributed by atoms with van der Waals surface area (Å²) in [7, 11) is 0. The van der Waals surface area contributed by atoms with E-state index in [0.29, 0.717) is 6.61 Å². The highest BCUT2D eigenvalue weighted by Gasteiger charge is 1.95. The zero-order chi connectivity index (χ0) is 7.82. The number of unbranched alkanes of at least 4 members (excludes halogenated alkanes) is 1. The van der Waals surface area contributed by atoms with Crippen LogP contribution in [0.15, 0.2) is 0 Å². The molecule has 0 saturated heterocycles. The molecule has 0 aromatic rings. The fraction of sp³-hybridized carbons (Fsp3) is 1.00. The van der Waals surface area contributed by atoms with Crippen LogP contribution >= 0.6 is 0 Å². The van der Waals surface area contributed by atoms with E-state index < -0.39 is 0 Å².